The summed E-state index contributed by atoms with van der Waals surface area (Å²) < 4.78 is 4.97. The van der Waals surface area contributed by atoms with Gasteiger partial charge in [-0.15, -0.1) is 0 Å². The lowest BCUT2D eigenvalue weighted by Gasteiger charge is -2.20. The van der Waals surface area contributed by atoms with Crippen LogP contribution in [0.15, 0.2) is 29.4 Å². The van der Waals surface area contributed by atoms with Crippen molar-refractivity contribution in [1.29, 1.82) is 0 Å². The van der Waals surface area contributed by atoms with Crippen molar-refractivity contribution in [2.24, 2.45) is 10.9 Å². The second-order valence-corrected chi connectivity index (χ2v) is 5.76. The van der Waals surface area contributed by atoms with Crippen molar-refractivity contribution in [3.63, 3.8) is 0 Å². The van der Waals surface area contributed by atoms with Crippen molar-refractivity contribution in [2.75, 3.05) is 26.7 Å². The van der Waals surface area contributed by atoms with Gasteiger partial charge in [0.15, 0.2) is 5.96 Å². The average molecular weight is 333 g/mol. The number of nitrogens with one attached hydrogen (secondary N) is 3. The third kappa shape index (κ3) is 6.44. The van der Waals surface area contributed by atoms with Gasteiger partial charge in [0.05, 0.1) is 12.6 Å². The number of aromatic nitrogens is 1. The second kappa shape index (κ2) is 9.75. The summed E-state index contributed by atoms with van der Waals surface area (Å²) in [5.74, 6) is 1.25. The van der Waals surface area contributed by atoms with Gasteiger partial charge < -0.3 is 20.7 Å². The van der Waals surface area contributed by atoms with Crippen molar-refractivity contribution in [3.8, 4) is 0 Å². The number of guanidine groups is 1. The molecule has 1 aliphatic rings. The van der Waals surface area contributed by atoms with E-state index in [4.69, 9.17) is 4.74 Å². The number of rotatable bonds is 8. The van der Waals surface area contributed by atoms with E-state index in [-0.39, 0.29) is 12.1 Å². The van der Waals surface area contributed by atoms with E-state index in [1.165, 1.54) is 0 Å². The molecule has 1 amide bonds. The number of alkyl carbamates (subject to hydrolysis) is 1. The van der Waals surface area contributed by atoms with E-state index in [2.05, 4.69) is 25.9 Å². The zero-order valence-electron chi connectivity index (χ0n) is 14.4. The summed E-state index contributed by atoms with van der Waals surface area (Å²) in [7, 11) is 1.74. The molecular formula is C17H27N5O2. The summed E-state index contributed by atoms with van der Waals surface area (Å²) in [4.78, 5) is 20.1. The molecule has 0 radical (unpaired) electrons. The Kier molecular flexibility index (Phi) is 7.32. The lowest BCUT2D eigenvalue weighted by Crippen LogP contribution is -2.48. The predicted octanol–water partition coefficient (Wildman–Crippen LogP) is 1.31. The van der Waals surface area contributed by atoms with Crippen molar-refractivity contribution in [3.05, 3.63) is 30.1 Å². The summed E-state index contributed by atoms with van der Waals surface area (Å²) in [5, 5.41) is 9.46. The van der Waals surface area contributed by atoms with Crippen LogP contribution in [0.4, 0.5) is 4.79 Å². The summed E-state index contributed by atoms with van der Waals surface area (Å²) >= 11 is 0. The molecule has 0 spiro atoms. The summed E-state index contributed by atoms with van der Waals surface area (Å²) in [5.41, 5.74) is 1.04. The largest absolute Gasteiger partial charge is 0.450 e. The van der Waals surface area contributed by atoms with Crippen LogP contribution in [0, 0.1) is 5.92 Å². The first kappa shape index (κ1) is 18.0. The quantitative estimate of drug-likeness (QED) is 0.493. The van der Waals surface area contributed by atoms with Gasteiger partial charge in [-0.2, -0.15) is 0 Å². The minimum absolute atomic E-state index is 0.0680. The summed E-state index contributed by atoms with van der Waals surface area (Å²) in [6, 6.07) is 5.96. The number of carbonyl (C=O) groups is 1. The Bertz CT molecular complexity index is 531. The first-order chi connectivity index (χ1) is 11.7. The zero-order chi connectivity index (χ0) is 17.2. The molecule has 7 heteroatoms. The number of amides is 1. The summed E-state index contributed by atoms with van der Waals surface area (Å²) in [6.45, 7) is 3.56. The van der Waals surface area contributed by atoms with Gasteiger partial charge >= 0.3 is 6.09 Å². The highest BCUT2D eigenvalue weighted by molar-refractivity contribution is 5.79. The van der Waals surface area contributed by atoms with Crippen molar-refractivity contribution in [2.45, 2.75) is 32.2 Å². The fourth-order valence-electron chi connectivity index (χ4n) is 2.44. The van der Waals surface area contributed by atoms with Gasteiger partial charge in [-0.25, -0.2) is 4.79 Å². The Morgan fingerprint density at radius 1 is 1.42 bits per heavy atom. The Morgan fingerprint density at radius 2 is 2.25 bits per heavy atom. The molecule has 1 aliphatic carbocycles. The van der Waals surface area contributed by atoms with Crippen LogP contribution in [0.3, 0.4) is 0 Å². The van der Waals surface area contributed by atoms with E-state index in [1.54, 1.807) is 20.2 Å². The van der Waals surface area contributed by atoms with Crippen LogP contribution in [0.5, 0.6) is 0 Å². The SMILES string of the molecule is CCOC(=O)NC(CNC(=NC)NCCc1ccccn1)C1CC1. The highest BCUT2D eigenvalue weighted by Crippen LogP contribution is 2.32. The Labute approximate surface area is 143 Å². The van der Waals surface area contributed by atoms with Gasteiger partial charge in [0.2, 0.25) is 0 Å². The van der Waals surface area contributed by atoms with Crippen molar-refractivity contribution < 1.29 is 9.53 Å². The van der Waals surface area contributed by atoms with Crippen LogP contribution in [0.2, 0.25) is 0 Å². The molecule has 1 aromatic heterocycles. The molecular weight excluding hydrogens is 306 g/mol. The van der Waals surface area contributed by atoms with Gasteiger partial charge in [0, 0.05) is 38.4 Å². The fraction of sp³-hybridized carbons (Fsp3) is 0.588. The van der Waals surface area contributed by atoms with Gasteiger partial charge in [0.1, 0.15) is 0 Å². The third-order valence-electron chi connectivity index (χ3n) is 3.88. The van der Waals surface area contributed by atoms with Crippen LogP contribution in [-0.4, -0.2) is 49.8 Å². The topological polar surface area (TPSA) is 87.6 Å². The maximum Gasteiger partial charge on any atom is 0.407 e. The number of pyridine rings is 1. The maximum atomic E-state index is 11.6. The number of ether oxygens (including phenoxy) is 1. The highest BCUT2D eigenvalue weighted by Gasteiger charge is 2.32. The van der Waals surface area contributed by atoms with Gasteiger partial charge in [-0.05, 0) is 37.8 Å². The molecule has 24 heavy (non-hydrogen) atoms. The third-order valence-corrected chi connectivity index (χ3v) is 3.88. The van der Waals surface area contributed by atoms with E-state index in [1.807, 2.05) is 18.2 Å². The predicted molar refractivity (Wildman–Crippen MR) is 94.0 cm³/mol. The molecule has 1 fully saturated rings. The van der Waals surface area contributed by atoms with Crippen LogP contribution in [0.1, 0.15) is 25.5 Å². The molecule has 1 atom stereocenters. The minimum atomic E-state index is -0.353. The first-order valence-corrected chi connectivity index (χ1v) is 8.50. The highest BCUT2D eigenvalue weighted by atomic mass is 16.5. The molecule has 2 rings (SSSR count). The van der Waals surface area contributed by atoms with E-state index in [0.717, 1.165) is 37.5 Å². The second-order valence-electron chi connectivity index (χ2n) is 5.76. The molecule has 1 unspecified atom stereocenters. The number of nitrogens with zero attached hydrogens (tertiary/aromatic N) is 2. The zero-order valence-corrected chi connectivity index (χ0v) is 14.4. The fourth-order valence-corrected chi connectivity index (χ4v) is 2.44. The molecule has 1 aromatic rings. The molecule has 3 N–H and O–H groups in total. The number of aliphatic imine (C=N–C) groups is 1. The Morgan fingerprint density at radius 3 is 2.88 bits per heavy atom. The van der Waals surface area contributed by atoms with Crippen LogP contribution in [0.25, 0.3) is 0 Å². The molecule has 7 nitrogen and oxygen atoms in total. The van der Waals surface area contributed by atoms with E-state index in [9.17, 15) is 4.79 Å². The Hall–Kier alpha value is -2.31. The molecule has 0 aromatic carbocycles. The molecule has 132 valence electrons. The standard InChI is InChI=1S/C17H27N5O2/c1-3-24-17(23)22-15(13-7-8-13)12-21-16(18-2)20-11-9-14-6-4-5-10-19-14/h4-6,10,13,15H,3,7-9,11-12H2,1-2H3,(H,22,23)(H2,18,20,21). The lowest BCUT2D eigenvalue weighted by atomic mass is 10.2. The van der Waals surface area contributed by atoms with E-state index < -0.39 is 0 Å². The van der Waals surface area contributed by atoms with Crippen LogP contribution >= 0.6 is 0 Å². The summed E-state index contributed by atoms with van der Waals surface area (Å²) in [6.07, 6.45) is 4.56. The van der Waals surface area contributed by atoms with E-state index >= 15 is 0 Å². The maximum absolute atomic E-state index is 11.6. The normalized spacial score (nSPS) is 15.5. The average Bonchev–Trinajstić information content (AvgIpc) is 3.43. The van der Waals surface area contributed by atoms with Gasteiger partial charge in [-0.1, -0.05) is 6.07 Å². The van der Waals surface area contributed by atoms with Crippen LogP contribution in [-0.2, 0) is 11.2 Å². The molecule has 1 heterocycles. The monoisotopic (exact) mass is 333 g/mol. The van der Waals surface area contributed by atoms with Gasteiger partial charge in [0.25, 0.3) is 0 Å². The van der Waals surface area contributed by atoms with Gasteiger partial charge in [-0.3, -0.25) is 9.98 Å². The van der Waals surface area contributed by atoms with Crippen LogP contribution < -0.4 is 16.0 Å². The Balaban J connectivity index is 1.72. The number of hydrogen-bond donors (Lipinski definition) is 3. The smallest absolute Gasteiger partial charge is 0.407 e. The first-order valence-electron chi connectivity index (χ1n) is 8.50. The lowest BCUT2D eigenvalue weighted by molar-refractivity contribution is 0.146. The molecule has 0 bridgehead atoms. The molecule has 0 saturated heterocycles. The number of hydrogen-bond acceptors (Lipinski definition) is 4. The molecule has 0 aliphatic heterocycles. The van der Waals surface area contributed by atoms with Crippen molar-refractivity contribution >= 4 is 12.1 Å². The number of carbonyl (C=O) groups excluding carboxylic acids is 1. The molecule has 1 saturated carbocycles. The van der Waals surface area contributed by atoms with Crippen molar-refractivity contribution in [1.82, 2.24) is 20.9 Å². The minimum Gasteiger partial charge on any atom is -0.450 e. The van der Waals surface area contributed by atoms with E-state index in [0.29, 0.717) is 19.1 Å².